The van der Waals surface area contributed by atoms with Gasteiger partial charge in [0.15, 0.2) is 11.5 Å². The zero-order valence-electron chi connectivity index (χ0n) is 17.5. The van der Waals surface area contributed by atoms with Crippen LogP contribution in [0.25, 0.3) is 0 Å². The van der Waals surface area contributed by atoms with Gasteiger partial charge in [-0.25, -0.2) is 4.79 Å². The highest BCUT2D eigenvalue weighted by atomic mass is 16.5. The molecule has 2 rings (SSSR count). The Kier molecular flexibility index (Phi) is 7.88. The maximum absolute atomic E-state index is 12.6. The summed E-state index contributed by atoms with van der Waals surface area (Å²) in [7, 11) is 4.28. The van der Waals surface area contributed by atoms with Crippen molar-refractivity contribution >= 4 is 23.3 Å². The van der Waals surface area contributed by atoms with Crippen LogP contribution in [0.3, 0.4) is 0 Å². The quantitative estimate of drug-likeness (QED) is 0.625. The number of nitrogens with one attached hydrogen (secondary N) is 2. The fourth-order valence-corrected chi connectivity index (χ4v) is 3.07. The number of carbonyl (C=O) groups excluding carboxylic acids is 2. The molecule has 0 fully saturated rings. The van der Waals surface area contributed by atoms with Gasteiger partial charge in [0, 0.05) is 17.8 Å². The summed E-state index contributed by atoms with van der Waals surface area (Å²) in [6.45, 7) is 4.07. The number of aryl methyl sites for hydroxylation is 2. The molecule has 0 aliphatic rings. The average Bonchev–Trinajstić information content (AvgIpc) is 2.76. The highest BCUT2D eigenvalue weighted by Gasteiger charge is 2.18. The van der Waals surface area contributed by atoms with Crippen LogP contribution in [0.5, 0.6) is 11.5 Å². The molecule has 0 unspecified atom stereocenters. The largest absolute Gasteiger partial charge is 0.493 e. The summed E-state index contributed by atoms with van der Waals surface area (Å²) in [4.78, 5) is 24.8. The van der Waals surface area contributed by atoms with E-state index in [1.54, 1.807) is 6.07 Å². The van der Waals surface area contributed by atoms with Crippen LogP contribution in [0.15, 0.2) is 30.3 Å². The molecule has 0 spiro atoms. The molecule has 0 aliphatic heterocycles. The number of hydrogen-bond acceptors (Lipinski definition) is 6. The minimum atomic E-state index is -0.543. The summed E-state index contributed by atoms with van der Waals surface area (Å²) in [6, 6.07) is 9.14. The molecule has 0 aromatic heterocycles. The fourth-order valence-electron chi connectivity index (χ4n) is 3.07. The number of methoxy groups -OCH3 is 3. The first-order valence-electron chi connectivity index (χ1n) is 9.47. The van der Waals surface area contributed by atoms with E-state index in [0.29, 0.717) is 17.2 Å². The topological polar surface area (TPSA) is 85.9 Å². The predicted molar refractivity (Wildman–Crippen MR) is 113 cm³/mol. The van der Waals surface area contributed by atoms with Gasteiger partial charge < -0.3 is 24.8 Å². The van der Waals surface area contributed by atoms with Gasteiger partial charge in [-0.1, -0.05) is 32.0 Å². The minimum absolute atomic E-state index is 0.0271. The van der Waals surface area contributed by atoms with Crippen molar-refractivity contribution in [3.63, 3.8) is 0 Å². The zero-order valence-corrected chi connectivity index (χ0v) is 17.5. The molecule has 7 nitrogen and oxygen atoms in total. The van der Waals surface area contributed by atoms with Crippen molar-refractivity contribution in [3.8, 4) is 11.5 Å². The molecule has 156 valence electrons. The van der Waals surface area contributed by atoms with Gasteiger partial charge in [0.2, 0.25) is 5.91 Å². The van der Waals surface area contributed by atoms with Gasteiger partial charge >= 0.3 is 5.97 Å². The van der Waals surface area contributed by atoms with Gasteiger partial charge in [-0.15, -0.1) is 0 Å². The Labute approximate surface area is 171 Å². The van der Waals surface area contributed by atoms with Crippen LogP contribution >= 0.6 is 0 Å². The minimum Gasteiger partial charge on any atom is -0.493 e. The molecule has 0 heterocycles. The van der Waals surface area contributed by atoms with Crippen molar-refractivity contribution in [2.75, 3.05) is 38.5 Å². The Morgan fingerprint density at radius 2 is 1.52 bits per heavy atom. The highest BCUT2D eigenvalue weighted by Crippen LogP contribution is 2.33. The van der Waals surface area contributed by atoms with Crippen LogP contribution in [0, 0.1) is 0 Å². The van der Waals surface area contributed by atoms with Crippen molar-refractivity contribution in [1.29, 1.82) is 0 Å². The van der Waals surface area contributed by atoms with Crippen LogP contribution in [-0.4, -0.2) is 39.8 Å². The van der Waals surface area contributed by atoms with Crippen LogP contribution in [0.4, 0.5) is 11.4 Å². The van der Waals surface area contributed by atoms with Gasteiger partial charge in [0.1, 0.15) is 0 Å². The first kappa shape index (κ1) is 22.1. The summed E-state index contributed by atoms with van der Waals surface area (Å²) >= 11 is 0. The molecule has 0 atom stereocenters. The van der Waals surface area contributed by atoms with E-state index in [1.807, 2.05) is 18.2 Å². The molecule has 0 radical (unpaired) electrons. The van der Waals surface area contributed by atoms with Crippen LogP contribution in [0.1, 0.15) is 35.3 Å². The lowest BCUT2D eigenvalue weighted by molar-refractivity contribution is -0.114. The van der Waals surface area contributed by atoms with Gasteiger partial charge in [-0.2, -0.15) is 0 Å². The molecule has 1 amide bonds. The molecule has 0 saturated heterocycles. The molecule has 2 aromatic rings. The molecule has 0 saturated carbocycles. The van der Waals surface area contributed by atoms with Gasteiger partial charge in [0.05, 0.1) is 39.1 Å². The van der Waals surface area contributed by atoms with E-state index in [1.165, 1.54) is 27.4 Å². The molecular formula is C22H28N2O5. The first-order valence-corrected chi connectivity index (χ1v) is 9.47. The lowest BCUT2D eigenvalue weighted by Crippen LogP contribution is -2.24. The van der Waals surface area contributed by atoms with Gasteiger partial charge in [-0.3, -0.25) is 4.79 Å². The summed E-state index contributed by atoms with van der Waals surface area (Å²) in [6.07, 6.45) is 1.64. The van der Waals surface area contributed by atoms with Crippen molar-refractivity contribution in [2.24, 2.45) is 0 Å². The Morgan fingerprint density at radius 3 is 2.03 bits per heavy atom. The molecule has 2 N–H and O–H groups in total. The summed E-state index contributed by atoms with van der Waals surface area (Å²) in [5.74, 6) is 0.0738. The molecule has 2 aromatic carbocycles. The normalized spacial score (nSPS) is 10.2. The van der Waals surface area contributed by atoms with E-state index >= 15 is 0 Å². The second kappa shape index (κ2) is 10.4. The number of esters is 1. The van der Waals surface area contributed by atoms with E-state index < -0.39 is 5.97 Å². The Morgan fingerprint density at radius 1 is 0.931 bits per heavy atom. The van der Waals surface area contributed by atoms with E-state index in [0.717, 1.165) is 29.7 Å². The van der Waals surface area contributed by atoms with E-state index in [2.05, 4.69) is 24.5 Å². The average molecular weight is 400 g/mol. The highest BCUT2D eigenvalue weighted by molar-refractivity contribution is 5.99. The van der Waals surface area contributed by atoms with Crippen LogP contribution < -0.4 is 20.1 Å². The molecule has 0 aliphatic carbocycles. The van der Waals surface area contributed by atoms with Crippen molar-refractivity contribution in [1.82, 2.24) is 0 Å². The zero-order chi connectivity index (χ0) is 21.4. The fraction of sp³-hybridized carbons (Fsp3) is 0.364. The number of para-hydroxylation sites is 1. The van der Waals surface area contributed by atoms with Crippen LogP contribution in [0.2, 0.25) is 0 Å². The third-order valence-corrected chi connectivity index (χ3v) is 4.63. The number of carbonyl (C=O) groups is 2. The number of hydrogen-bond donors (Lipinski definition) is 2. The third-order valence-electron chi connectivity index (χ3n) is 4.63. The molecular weight excluding hydrogens is 372 g/mol. The first-order chi connectivity index (χ1) is 14.0. The van der Waals surface area contributed by atoms with E-state index in [-0.39, 0.29) is 18.0 Å². The van der Waals surface area contributed by atoms with Crippen molar-refractivity contribution < 1.29 is 23.8 Å². The maximum atomic E-state index is 12.6. The number of rotatable bonds is 9. The van der Waals surface area contributed by atoms with E-state index in [9.17, 15) is 9.59 Å². The lowest BCUT2D eigenvalue weighted by Gasteiger charge is -2.17. The van der Waals surface area contributed by atoms with Gasteiger partial charge in [0.25, 0.3) is 0 Å². The maximum Gasteiger partial charge on any atom is 0.340 e. The van der Waals surface area contributed by atoms with Crippen molar-refractivity contribution in [3.05, 3.63) is 47.0 Å². The number of ether oxygens (including phenoxy) is 3. The standard InChI is InChI=1S/C22H28N2O5/c1-6-14-9-8-10-15(7-2)21(14)24-20(25)13-23-17-12-19(28-4)18(27-3)11-16(17)22(26)29-5/h8-12,23H,6-7,13H2,1-5H3,(H,24,25). The van der Waals surface area contributed by atoms with Gasteiger partial charge in [-0.05, 0) is 24.0 Å². The Hall–Kier alpha value is -3.22. The smallest absolute Gasteiger partial charge is 0.340 e. The SMILES string of the molecule is CCc1cccc(CC)c1NC(=O)CNc1cc(OC)c(OC)cc1C(=O)OC. The summed E-state index contributed by atoms with van der Waals surface area (Å²) < 4.78 is 15.4. The van der Waals surface area contributed by atoms with Crippen molar-refractivity contribution in [2.45, 2.75) is 26.7 Å². The Bertz CT molecular complexity index is 857. The second-order valence-electron chi connectivity index (χ2n) is 6.30. The van der Waals surface area contributed by atoms with E-state index in [4.69, 9.17) is 14.2 Å². The Balaban J connectivity index is 2.23. The molecule has 29 heavy (non-hydrogen) atoms. The molecule has 0 bridgehead atoms. The number of benzene rings is 2. The lowest BCUT2D eigenvalue weighted by atomic mass is 10.0. The predicted octanol–water partition coefficient (Wildman–Crippen LogP) is 3.67. The monoisotopic (exact) mass is 400 g/mol. The summed E-state index contributed by atoms with van der Waals surface area (Å²) in [5, 5.41) is 5.99. The molecule has 7 heteroatoms. The number of amides is 1. The third kappa shape index (κ3) is 5.19. The second-order valence-corrected chi connectivity index (χ2v) is 6.30. The number of anilines is 2. The van der Waals surface area contributed by atoms with Crippen LogP contribution in [-0.2, 0) is 22.4 Å². The summed E-state index contributed by atoms with van der Waals surface area (Å²) in [5.41, 5.74) is 3.69.